The van der Waals surface area contributed by atoms with E-state index in [4.69, 9.17) is 5.73 Å². The molecule has 0 atom stereocenters. The van der Waals surface area contributed by atoms with Gasteiger partial charge >= 0.3 is 0 Å². The molecule has 1 amide bonds. The molecule has 4 N–H and O–H groups in total. The molecule has 2 aromatic rings. The molecule has 0 bridgehead atoms. The molecule has 0 saturated carbocycles. The Morgan fingerprint density at radius 1 is 1.63 bits per heavy atom. The summed E-state index contributed by atoms with van der Waals surface area (Å²) >= 11 is 2.80. The van der Waals surface area contributed by atoms with E-state index in [1.165, 1.54) is 29.5 Å². The highest BCUT2D eigenvalue weighted by atomic mass is 32.2. The molecule has 0 aliphatic heterocycles. The number of hydrogen-bond donors (Lipinski definition) is 3. The third kappa shape index (κ3) is 2.82. The van der Waals surface area contributed by atoms with Gasteiger partial charge in [-0.2, -0.15) is 4.98 Å². The molecular weight excluding hydrogens is 286 g/mol. The van der Waals surface area contributed by atoms with Crippen LogP contribution in [0.3, 0.4) is 0 Å². The predicted octanol–water partition coefficient (Wildman–Crippen LogP) is 1.41. The van der Waals surface area contributed by atoms with Crippen LogP contribution in [0.5, 0.6) is 0 Å². The topological polar surface area (TPSA) is 106 Å². The number of nitrogens with two attached hydrogens (primary N) is 1. The summed E-state index contributed by atoms with van der Waals surface area (Å²) < 4.78 is 4.65. The predicted molar refractivity (Wildman–Crippen MR) is 75.5 cm³/mol. The number of aromatic nitrogens is 2. The number of rotatable bonds is 5. The van der Waals surface area contributed by atoms with Crippen molar-refractivity contribution >= 4 is 39.7 Å². The largest absolute Gasteiger partial charge is 0.396 e. The van der Waals surface area contributed by atoms with E-state index in [1.807, 2.05) is 6.26 Å². The molecular formula is C10H13N5O2S2. The van der Waals surface area contributed by atoms with Crippen LogP contribution < -0.4 is 16.4 Å². The van der Waals surface area contributed by atoms with E-state index in [1.54, 1.807) is 7.05 Å². The van der Waals surface area contributed by atoms with Gasteiger partial charge in [0.15, 0.2) is 5.82 Å². The van der Waals surface area contributed by atoms with Crippen LogP contribution in [-0.4, -0.2) is 29.4 Å². The lowest BCUT2D eigenvalue weighted by molar-refractivity contribution is 0.0968. The Bertz CT molecular complexity index is 567. The zero-order valence-electron chi connectivity index (χ0n) is 10.4. The van der Waals surface area contributed by atoms with Crippen molar-refractivity contribution in [3.8, 4) is 0 Å². The molecule has 102 valence electrons. The molecule has 0 aliphatic carbocycles. The maximum atomic E-state index is 11.7. The van der Waals surface area contributed by atoms with Crippen molar-refractivity contribution in [1.29, 1.82) is 0 Å². The Hall–Kier alpha value is -1.74. The van der Waals surface area contributed by atoms with E-state index in [2.05, 4.69) is 25.3 Å². The standard InChI is InChI=1S/C10H13N5O2S2/c1-12-9(16)7-6(11)8(18-2)10(19-7)13-3-5-14-4-17-15-5/h4,13H,3,11H2,1-2H3,(H,12,16). The summed E-state index contributed by atoms with van der Waals surface area (Å²) in [5.74, 6) is 0.353. The third-order valence-corrected chi connectivity index (χ3v) is 4.47. The van der Waals surface area contributed by atoms with Crippen molar-refractivity contribution in [2.45, 2.75) is 11.4 Å². The Morgan fingerprint density at radius 3 is 3.00 bits per heavy atom. The van der Waals surface area contributed by atoms with Crippen molar-refractivity contribution in [3.05, 3.63) is 17.1 Å². The minimum Gasteiger partial charge on any atom is -0.396 e. The van der Waals surface area contributed by atoms with Gasteiger partial charge in [0.25, 0.3) is 5.91 Å². The number of thiophene rings is 1. The first kappa shape index (κ1) is 13.7. The summed E-state index contributed by atoms with van der Waals surface area (Å²) in [7, 11) is 1.58. The molecule has 9 heteroatoms. The fourth-order valence-electron chi connectivity index (χ4n) is 1.46. The van der Waals surface area contributed by atoms with Crippen LogP contribution in [0.4, 0.5) is 10.7 Å². The number of carbonyl (C=O) groups is 1. The number of hydrogen-bond acceptors (Lipinski definition) is 8. The van der Waals surface area contributed by atoms with Crippen molar-refractivity contribution in [2.75, 3.05) is 24.4 Å². The summed E-state index contributed by atoms with van der Waals surface area (Å²) in [6.45, 7) is 0.414. The van der Waals surface area contributed by atoms with Crippen LogP contribution in [0.2, 0.25) is 0 Å². The number of anilines is 2. The molecule has 0 aliphatic rings. The molecule has 2 rings (SSSR count). The second-order valence-electron chi connectivity index (χ2n) is 3.49. The van der Waals surface area contributed by atoms with Crippen LogP contribution in [0.25, 0.3) is 0 Å². The van der Waals surface area contributed by atoms with E-state index in [0.29, 0.717) is 22.9 Å². The minimum atomic E-state index is -0.189. The lowest BCUT2D eigenvalue weighted by Gasteiger charge is -2.03. The highest BCUT2D eigenvalue weighted by Crippen LogP contribution is 2.41. The van der Waals surface area contributed by atoms with Gasteiger partial charge in [0.05, 0.1) is 17.1 Å². The minimum absolute atomic E-state index is 0.189. The number of amides is 1. The van der Waals surface area contributed by atoms with Gasteiger partial charge in [0, 0.05) is 7.05 Å². The molecule has 0 radical (unpaired) electrons. The second-order valence-corrected chi connectivity index (χ2v) is 5.32. The highest BCUT2D eigenvalue weighted by molar-refractivity contribution is 7.99. The SMILES string of the molecule is CNC(=O)c1sc(NCc2ncon2)c(SC)c1N. The van der Waals surface area contributed by atoms with Gasteiger partial charge in [0.1, 0.15) is 9.88 Å². The average Bonchev–Trinajstić information content (AvgIpc) is 3.03. The highest BCUT2D eigenvalue weighted by Gasteiger charge is 2.19. The number of thioether (sulfide) groups is 1. The zero-order valence-corrected chi connectivity index (χ0v) is 12.0. The fourth-order valence-corrected chi connectivity index (χ4v) is 3.44. The lowest BCUT2D eigenvalue weighted by Crippen LogP contribution is -2.17. The Kier molecular flexibility index (Phi) is 4.27. The molecule has 0 unspecified atom stereocenters. The molecule has 0 aromatic carbocycles. The van der Waals surface area contributed by atoms with Gasteiger partial charge in [-0.15, -0.1) is 23.1 Å². The number of nitrogen functional groups attached to an aromatic ring is 1. The number of nitrogens with zero attached hydrogens (tertiary/aromatic N) is 2. The van der Waals surface area contributed by atoms with E-state index in [9.17, 15) is 4.79 Å². The molecule has 2 heterocycles. The normalized spacial score (nSPS) is 10.4. The quantitative estimate of drug-likeness (QED) is 0.717. The summed E-state index contributed by atoms with van der Waals surface area (Å²) in [4.78, 5) is 17.0. The summed E-state index contributed by atoms with van der Waals surface area (Å²) in [5, 5.41) is 10.3. The van der Waals surface area contributed by atoms with Gasteiger partial charge in [-0.05, 0) is 6.26 Å². The van der Waals surface area contributed by atoms with Gasteiger partial charge in [-0.25, -0.2) is 0 Å². The van der Waals surface area contributed by atoms with Gasteiger partial charge in [-0.1, -0.05) is 5.16 Å². The van der Waals surface area contributed by atoms with Crippen molar-refractivity contribution in [1.82, 2.24) is 15.5 Å². The van der Waals surface area contributed by atoms with E-state index in [-0.39, 0.29) is 5.91 Å². The molecule has 2 aromatic heterocycles. The van der Waals surface area contributed by atoms with Crippen LogP contribution in [0.15, 0.2) is 15.8 Å². The number of nitrogens with one attached hydrogen (secondary N) is 2. The zero-order chi connectivity index (χ0) is 13.8. The van der Waals surface area contributed by atoms with E-state index >= 15 is 0 Å². The second kappa shape index (κ2) is 5.93. The summed E-state index contributed by atoms with van der Waals surface area (Å²) in [6.07, 6.45) is 3.18. The summed E-state index contributed by atoms with van der Waals surface area (Å²) in [6, 6.07) is 0. The van der Waals surface area contributed by atoms with Gasteiger partial charge in [0.2, 0.25) is 6.39 Å². The molecule has 0 spiro atoms. The maximum Gasteiger partial charge on any atom is 0.263 e. The maximum absolute atomic E-state index is 11.7. The first-order chi connectivity index (χ1) is 9.17. The van der Waals surface area contributed by atoms with Crippen LogP contribution >= 0.6 is 23.1 Å². The van der Waals surface area contributed by atoms with Gasteiger partial charge < -0.3 is 20.9 Å². The smallest absolute Gasteiger partial charge is 0.263 e. The molecule has 7 nitrogen and oxygen atoms in total. The molecule has 0 fully saturated rings. The van der Waals surface area contributed by atoms with E-state index in [0.717, 1.165) is 9.90 Å². The Balaban J connectivity index is 2.22. The van der Waals surface area contributed by atoms with Crippen molar-refractivity contribution in [3.63, 3.8) is 0 Å². The van der Waals surface area contributed by atoms with Crippen LogP contribution in [0.1, 0.15) is 15.5 Å². The van der Waals surface area contributed by atoms with Gasteiger partial charge in [-0.3, -0.25) is 4.79 Å². The van der Waals surface area contributed by atoms with Crippen LogP contribution in [-0.2, 0) is 6.54 Å². The number of carbonyl (C=O) groups excluding carboxylic acids is 1. The van der Waals surface area contributed by atoms with E-state index < -0.39 is 0 Å². The van der Waals surface area contributed by atoms with Crippen molar-refractivity contribution < 1.29 is 9.32 Å². The first-order valence-electron chi connectivity index (χ1n) is 5.34. The first-order valence-corrected chi connectivity index (χ1v) is 7.39. The Morgan fingerprint density at radius 2 is 2.42 bits per heavy atom. The summed E-state index contributed by atoms with van der Waals surface area (Å²) in [5.41, 5.74) is 6.47. The van der Waals surface area contributed by atoms with Crippen molar-refractivity contribution in [2.24, 2.45) is 0 Å². The monoisotopic (exact) mass is 299 g/mol. The lowest BCUT2D eigenvalue weighted by atomic mass is 10.3. The molecule has 0 saturated heterocycles. The average molecular weight is 299 g/mol. The van der Waals surface area contributed by atoms with Crippen LogP contribution in [0, 0.1) is 0 Å². The fraction of sp³-hybridized carbons (Fsp3) is 0.300. The molecule has 19 heavy (non-hydrogen) atoms. The Labute approximate surface area is 117 Å². The third-order valence-electron chi connectivity index (χ3n) is 2.35.